The van der Waals surface area contributed by atoms with Crippen molar-refractivity contribution in [2.45, 2.75) is 0 Å². The molecular formula is C13H9FN4O2S2. The molecule has 1 aromatic carbocycles. The molecule has 22 heavy (non-hydrogen) atoms. The van der Waals surface area contributed by atoms with Crippen LogP contribution in [0.4, 0.5) is 9.52 Å². The van der Waals surface area contributed by atoms with Gasteiger partial charge in [0.2, 0.25) is 0 Å². The van der Waals surface area contributed by atoms with Crippen LogP contribution in [0.15, 0.2) is 29.8 Å². The maximum Gasteiger partial charge on any atom is 0.270 e. The van der Waals surface area contributed by atoms with E-state index in [2.05, 4.69) is 19.9 Å². The predicted octanol–water partition coefficient (Wildman–Crippen LogP) is 3.06. The van der Waals surface area contributed by atoms with Gasteiger partial charge in [-0.2, -0.15) is 0 Å². The summed E-state index contributed by atoms with van der Waals surface area (Å²) in [6, 6.07) is 4.19. The van der Waals surface area contributed by atoms with E-state index in [-0.39, 0.29) is 11.7 Å². The molecule has 1 N–H and O–H groups in total. The van der Waals surface area contributed by atoms with Crippen LogP contribution in [0.2, 0.25) is 0 Å². The van der Waals surface area contributed by atoms with Crippen molar-refractivity contribution in [3.63, 3.8) is 0 Å². The quantitative estimate of drug-likeness (QED) is 0.792. The maximum absolute atomic E-state index is 13.4. The molecule has 2 aromatic heterocycles. The number of hydrogen-bond donors (Lipinski definition) is 1. The number of rotatable bonds is 4. The zero-order valence-electron chi connectivity index (χ0n) is 11.2. The molecule has 0 fully saturated rings. The standard InChI is InChI=1S/C13H9FN4O2S2/c1-20-10-3-2-7(14)4-8(10)9-6-21-13(16-9)17-12(19)11-5-15-18-22-11/h2-6H,1H3,(H,16,17,19). The molecular weight excluding hydrogens is 327 g/mol. The van der Waals surface area contributed by atoms with Gasteiger partial charge in [-0.1, -0.05) is 4.49 Å². The van der Waals surface area contributed by atoms with E-state index in [0.29, 0.717) is 27.0 Å². The van der Waals surface area contributed by atoms with E-state index >= 15 is 0 Å². The Morgan fingerprint density at radius 3 is 3.00 bits per heavy atom. The number of hydrogen-bond acceptors (Lipinski definition) is 7. The molecule has 0 saturated carbocycles. The highest BCUT2D eigenvalue weighted by Gasteiger charge is 2.14. The number of thiazole rings is 1. The first-order valence-electron chi connectivity index (χ1n) is 6.05. The van der Waals surface area contributed by atoms with Crippen molar-refractivity contribution in [2.24, 2.45) is 0 Å². The molecule has 0 aliphatic heterocycles. The van der Waals surface area contributed by atoms with Gasteiger partial charge < -0.3 is 4.74 Å². The van der Waals surface area contributed by atoms with E-state index in [1.165, 1.54) is 42.8 Å². The van der Waals surface area contributed by atoms with Gasteiger partial charge >= 0.3 is 0 Å². The Labute approximate surface area is 132 Å². The predicted molar refractivity (Wildman–Crippen MR) is 81.9 cm³/mol. The van der Waals surface area contributed by atoms with Gasteiger partial charge in [0.1, 0.15) is 16.4 Å². The second-order valence-electron chi connectivity index (χ2n) is 4.12. The highest BCUT2D eigenvalue weighted by molar-refractivity contribution is 7.14. The Kier molecular flexibility index (Phi) is 4.07. The van der Waals surface area contributed by atoms with Crippen molar-refractivity contribution in [3.05, 3.63) is 40.5 Å². The monoisotopic (exact) mass is 336 g/mol. The van der Waals surface area contributed by atoms with E-state index in [9.17, 15) is 9.18 Å². The Morgan fingerprint density at radius 2 is 2.27 bits per heavy atom. The van der Waals surface area contributed by atoms with Crippen LogP contribution >= 0.6 is 22.9 Å². The van der Waals surface area contributed by atoms with Crippen LogP contribution in [0.3, 0.4) is 0 Å². The first-order valence-corrected chi connectivity index (χ1v) is 7.71. The van der Waals surface area contributed by atoms with Gasteiger partial charge in [-0.15, -0.1) is 16.4 Å². The second kappa shape index (κ2) is 6.16. The third-order valence-electron chi connectivity index (χ3n) is 2.75. The zero-order chi connectivity index (χ0) is 15.5. The second-order valence-corrected chi connectivity index (χ2v) is 5.76. The minimum absolute atomic E-state index is 0.331. The lowest BCUT2D eigenvalue weighted by atomic mass is 10.1. The molecule has 1 amide bonds. The third kappa shape index (κ3) is 2.95. The van der Waals surface area contributed by atoms with Gasteiger partial charge in [0.15, 0.2) is 5.13 Å². The molecule has 0 aliphatic carbocycles. The van der Waals surface area contributed by atoms with Crippen molar-refractivity contribution in [2.75, 3.05) is 12.4 Å². The Bertz CT molecular complexity index is 804. The minimum atomic E-state index is -0.384. The molecule has 2 heterocycles. The number of benzene rings is 1. The van der Waals surface area contributed by atoms with Crippen LogP contribution in [0.1, 0.15) is 9.67 Å². The van der Waals surface area contributed by atoms with Crippen LogP contribution < -0.4 is 10.1 Å². The molecule has 3 aromatic rings. The van der Waals surface area contributed by atoms with Crippen LogP contribution in [0.5, 0.6) is 5.75 Å². The van der Waals surface area contributed by atoms with Crippen molar-refractivity contribution in [1.82, 2.24) is 14.6 Å². The average Bonchev–Trinajstić information content (AvgIpc) is 3.18. The van der Waals surface area contributed by atoms with Crippen LogP contribution in [0, 0.1) is 5.82 Å². The third-order valence-corrected chi connectivity index (χ3v) is 4.17. The molecule has 3 rings (SSSR count). The average molecular weight is 336 g/mol. The number of amides is 1. The van der Waals surface area contributed by atoms with Crippen LogP contribution in [-0.2, 0) is 0 Å². The number of nitrogens with one attached hydrogen (secondary N) is 1. The molecule has 9 heteroatoms. The summed E-state index contributed by atoms with van der Waals surface area (Å²) in [5.74, 6) is -0.205. The van der Waals surface area contributed by atoms with E-state index in [4.69, 9.17) is 4.74 Å². The van der Waals surface area contributed by atoms with Gasteiger partial charge in [0.25, 0.3) is 5.91 Å². The lowest BCUT2D eigenvalue weighted by molar-refractivity contribution is 0.103. The number of aromatic nitrogens is 3. The van der Waals surface area contributed by atoms with Gasteiger partial charge in [-0.3, -0.25) is 10.1 Å². The largest absolute Gasteiger partial charge is 0.496 e. The number of halogens is 1. The van der Waals surface area contributed by atoms with Gasteiger partial charge in [-0.05, 0) is 29.7 Å². The molecule has 6 nitrogen and oxygen atoms in total. The summed E-state index contributed by atoms with van der Waals surface area (Å²) in [6.45, 7) is 0. The SMILES string of the molecule is COc1ccc(F)cc1-c1csc(NC(=O)c2cnns2)n1. The smallest absolute Gasteiger partial charge is 0.270 e. The van der Waals surface area contributed by atoms with Gasteiger partial charge in [-0.25, -0.2) is 9.37 Å². The molecule has 0 unspecified atom stereocenters. The number of carbonyl (C=O) groups is 1. The number of methoxy groups -OCH3 is 1. The van der Waals surface area contributed by atoms with Crippen LogP contribution in [-0.4, -0.2) is 27.6 Å². The molecule has 0 radical (unpaired) electrons. The summed E-state index contributed by atoms with van der Waals surface area (Å²) >= 11 is 2.23. The Morgan fingerprint density at radius 1 is 1.41 bits per heavy atom. The van der Waals surface area contributed by atoms with Crippen molar-refractivity contribution >= 4 is 33.9 Å². The fourth-order valence-corrected chi connectivity index (χ4v) is 2.88. The molecule has 0 spiro atoms. The van der Waals surface area contributed by atoms with Gasteiger partial charge in [0.05, 0.1) is 19.0 Å². The number of carbonyl (C=O) groups excluding carboxylic acids is 1. The molecule has 0 atom stereocenters. The highest BCUT2D eigenvalue weighted by atomic mass is 32.1. The molecule has 0 bridgehead atoms. The summed E-state index contributed by atoms with van der Waals surface area (Å²) < 4.78 is 22.2. The summed E-state index contributed by atoms with van der Waals surface area (Å²) in [5, 5.41) is 8.38. The molecule has 0 saturated heterocycles. The lowest BCUT2D eigenvalue weighted by Crippen LogP contribution is -2.09. The lowest BCUT2D eigenvalue weighted by Gasteiger charge is -2.05. The summed E-state index contributed by atoms with van der Waals surface area (Å²) in [6.07, 6.45) is 1.38. The van der Waals surface area contributed by atoms with E-state index in [0.717, 1.165) is 11.5 Å². The van der Waals surface area contributed by atoms with Crippen molar-refractivity contribution in [1.29, 1.82) is 0 Å². The Hall–Kier alpha value is -2.39. The summed E-state index contributed by atoms with van der Waals surface area (Å²) in [5.41, 5.74) is 1.05. The first-order chi connectivity index (χ1) is 10.7. The van der Waals surface area contributed by atoms with Crippen molar-refractivity contribution < 1.29 is 13.9 Å². The molecule has 112 valence electrons. The fourth-order valence-electron chi connectivity index (χ4n) is 1.76. The fraction of sp³-hybridized carbons (Fsp3) is 0.0769. The van der Waals surface area contributed by atoms with E-state index < -0.39 is 0 Å². The maximum atomic E-state index is 13.4. The number of nitrogens with zero attached hydrogens (tertiary/aromatic N) is 3. The Balaban J connectivity index is 1.85. The first kappa shape index (κ1) is 14.5. The number of ether oxygens (including phenoxy) is 1. The summed E-state index contributed by atoms with van der Waals surface area (Å²) in [7, 11) is 1.50. The van der Waals surface area contributed by atoms with Crippen LogP contribution in [0.25, 0.3) is 11.3 Å². The molecule has 0 aliphatic rings. The summed E-state index contributed by atoms with van der Waals surface area (Å²) in [4.78, 5) is 16.6. The van der Waals surface area contributed by atoms with E-state index in [1.807, 2.05) is 0 Å². The van der Waals surface area contributed by atoms with E-state index in [1.54, 1.807) is 5.38 Å². The number of anilines is 1. The normalized spacial score (nSPS) is 10.5. The van der Waals surface area contributed by atoms with Crippen molar-refractivity contribution in [3.8, 4) is 17.0 Å². The van der Waals surface area contributed by atoms with Gasteiger partial charge in [0, 0.05) is 10.9 Å². The minimum Gasteiger partial charge on any atom is -0.496 e. The zero-order valence-corrected chi connectivity index (χ0v) is 12.9. The highest BCUT2D eigenvalue weighted by Crippen LogP contribution is 2.32. The topological polar surface area (TPSA) is 77.0 Å².